The first-order chi connectivity index (χ1) is 6.54. The summed E-state index contributed by atoms with van der Waals surface area (Å²) in [6.45, 7) is 0. The molecule has 74 valence electrons. The van der Waals surface area contributed by atoms with Gasteiger partial charge in [-0.05, 0) is 0 Å². The quantitative estimate of drug-likeness (QED) is 0.737. The van der Waals surface area contributed by atoms with E-state index in [1.807, 2.05) is 0 Å². The average molecular weight is 219 g/mol. The Kier molecular flexibility index (Phi) is 2.10. The molecule has 2 rings (SSSR count). The Bertz CT molecular complexity index is 418. The van der Waals surface area contributed by atoms with Gasteiger partial charge in [-0.1, -0.05) is 11.3 Å². The first-order valence-electron chi connectivity index (χ1n) is 3.67. The van der Waals surface area contributed by atoms with Crippen LogP contribution in [0, 0.1) is 0 Å². The number of rotatable bonds is 1. The van der Waals surface area contributed by atoms with Gasteiger partial charge in [-0.2, -0.15) is 13.2 Å². The maximum Gasteiger partial charge on any atom is 0.395 e. The van der Waals surface area contributed by atoms with Crippen LogP contribution in [0.15, 0.2) is 12.5 Å². The molecule has 0 saturated heterocycles. The first-order valence-corrected chi connectivity index (χ1v) is 4.48. The molecule has 0 aromatic carbocycles. The number of thiazole rings is 1. The summed E-state index contributed by atoms with van der Waals surface area (Å²) >= 11 is 0.942. The van der Waals surface area contributed by atoms with Crippen molar-refractivity contribution in [2.24, 2.45) is 0 Å². The fourth-order valence-electron chi connectivity index (χ4n) is 0.982. The summed E-state index contributed by atoms with van der Waals surface area (Å²) < 4.78 is 36.0. The van der Waals surface area contributed by atoms with Crippen LogP contribution in [-0.2, 0) is 6.42 Å². The van der Waals surface area contributed by atoms with Crippen molar-refractivity contribution >= 4 is 21.7 Å². The molecule has 0 unspecified atom stereocenters. The highest BCUT2D eigenvalue weighted by Crippen LogP contribution is 2.26. The van der Waals surface area contributed by atoms with Gasteiger partial charge in [0.15, 0.2) is 0 Å². The summed E-state index contributed by atoms with van der Waals surface area (Å²) in [4.78, 5) is 11.7. The van der Waals surface area contributed by atoms with Crippen LogP contribution in [0.1, 0.15) is 5.01 Å². The number of nitrogens with zero attached hydrogens (tertiary/aromatic N) is 3. The predicted molar refractivity (Wildman–Crippen MR) is 45.0 cm³/mol. The van der Waals surface area contributed by atoms with Crippen molar-refractivity contribution in [3.05, 3.63) is 17.5 Å². The molecule has 0 bridgehead atoms. The normalized spacial score (nSPS) is 12.2. The molecule has 3 nitrogen and oxygen atoms in total. The maximum atomic E-state index is 12.0. The van der Waals surface area contributed by atoms with Gasteiger partial charge in [0.05, 0.1) is 12.6 Å². The van der Waals surface area contributed by atoms with Gasteiger partial charge in [-0.15, -0.1) is 0 Å². The molecule has 7 heteroatoms. The standard InChI is InChI=1S/C7H4F3N3S/c8-7(9,10)1-5-13-4-2-11-3-12-6(4)14-5/h2-3H,1H2. The zero-order valence-electron chi connectivity index (χ0n) is 6.75. The number of hydrogen-bond donors (Lipinski definition) is 0. The third kappa shape index (κ3) is 1.98. The van der Waals surface area contributed by atoms with E-state index in [0.717, 1.165) is 11.3 Å². The second kappa shape index (κ2) is 3.16. The van der Waals surface area contributed by atoms with Crippen molar-refractivity contribution in [2.75, 3.05) is 0 Å². The Labute approximate surface area is 80.6 Å². The lowest BCUT2D eigenvalue weighted by molar-refractivity contribution is -0.127. The van der Waals surface area contributed by atoms with Crippen molar-refractivity contribution in [1.29, 1.82) is 0 Å². The fourth-order valence-corrected chi connectivity index (χ4v) is 1.89. The van der Waals surface area contributed by atoms with Crippen LogP contribution < -0.4 is 0 Å². The number of alkyl halides is 3. The van der Waals surface area contributed by atoms with Gasteiger partial charge in [0.2, 0.25) is 0 Å². The van der Waals surface area contributed by atoms with E-state index in [1.165, 1.54) is 12.5 Å². The highest BCUT2D eigenvalue weighted by atomic mass is 32.1. The molecule has 0 amide bonds. The number of hydrogen-bond acceptors (Lipinski definition) is 4. The molecule has 2 aromatic heterocycles. The molecule has 0 fully saturated rings. The number of fused-ring (bicyclic) bond motifs is 1. The highest BCUT2D eigenvalue weighted by Gasteiger charge is 2.29. The van der Waals surface area contributed by atoms with E-state index >= 15 is 0 Å². The molecule has 0 aliphatic rings. The summed E-state index contributed by atoms with van der Waals surface area (Å²) in [6, 6.07) is 0. The summed E-state index contributed by atoms with van der Waals surface area (Å²) in [5.41, 5.74) is 0.414. The molecular formula is C7H4F3N3S. The number of halogens is 3. The zero-order valence-corrected chi connectivity index (χ0v) is 7.56. The van der Waals surface area contributed by atoms with Crippen molar-refractivity contribution < 1.29 is 13.2 Å². The Morgan fingerprint density at radius 1 is 1.36 bits per heavy atom. The molecule has 0 N–H and O–H groups in total. The van der Waals surface area contributed by atoms with Gasteiger partial charge in [0, 0.05) is 0 Å². The SMILES string of the molecule is FC(F)(F)Cc1nc2cncnc2s1. The smallest absolute Gasteiger partial charge is 0.242 e. The Hall–Kier alpha value is -1.24. The van der Waals surface area contributed by atoms with E-state index in [9.17, 15) is 13.2 Å². The van der Waals surface area contributed by atoms with Crippen LogP contribution in [-0.4, -0.2) is 21.1 Å². The molecule has 2 heterocycles. The van der Waals surface area contributed by atoms with Crippen molar-refractivity contribution in [2.45, 2.75) is 12.6 Å². The molecule has 0 atom stereocenters. The van der Waals surface area contributed by atoms with Gasteiger partial charge in [-0.25, -0.2) is 15.0 Å². The third-order valence-electron chi connectivity index (χ3n) is 1.47. The zero-order chi connectivity index (χ0) is 10.2. The molecular weight excluding hydrogens is 215 g/mol. The van der Waals surface area contributed by atoms with Crippen LogP contribution in [0.5, 0.6) is 0 Å². The van der Waals surface area contributed by atoms with Gasteiger partial charge >= 0.3 is 6.18 Å². The fraction of sp³-hybridized carbons (Fsp3) is 0.286. The van der Waals surface area contributed by atoms with Crippen molar-refractivity contribution in [3.8, 4) is 0 Å². The summed E-state index contributed by atoms with van der Waals surface area (Å²) in [5, 5.41) is 0.0213. The first kappa shape index (κ1) is 9.32. The Morgan fingerprint density at radius 2 is 2.14 bits per heavy atom. The van der Waals surface area contributed by atoms with Gasteiger partial charge < -0.3 is 0 Å². The minimum absolute atomic E-state index is 0.0213. The predicted octanol–water partition coefficient (Wildman–Crippen LogP) is 2.19. The highest BCUT2D eigenvalue weighted by molar-refractivity contribution is 7.18. The molecule has 14 heavy (non-hydrogen) atoms. The van der Waals surface area contributed by atoms with E-state index in [-0.39, 0.29) is 5.01 Å². The second-order valence-electron chi connectivity index (χ2n) is 2.61. The molecule has 0 aliphatic carbocycles. The Morgan fingerprint density at radius 3 is 2.79 bits per heavy atom. The largest absolute Gasteiger partial charge is 0.395 e. The lowest BCUT2D eigenvalue weighted by Gasteiger charge is -2.00. The van der Waals surface area contributed by atoms with E-state index in [0.29, 0.717) is 10.3 Å². The monoisotopic (exact) mass is 219 g/mol. The molecule has 0 spiro atoms. The minimum atomic E-state index is -4.22. The Balaban J connectivity index is 2.36. The second-order valence-corrected chi connectivity index (χ2v) is 3.67. The van der Waals surface area contributed by atoms with E-state index in [4.69, 9.17) is 0 Å². The van der Waals surface area contributed by atoms with Crippen LogP contribution in [0.25, 0.3) is 10.3 Å². The topological polar surface area (TPSA) is 38.7 Å². The molecule has 0 radical (unpaired) electrons. The van der Waals surface area contributed by atoms with E-state index in [2.05, 4.69) is 15.0 Å². The van der Waals surface area contributed by atoms with Crippen molar-refractivity contribution in [3.63, 3.8) is 0 Å². The lowest BCUT2D eigenvalue weighted by Crippen LogP contribution is -2.10. The van der Waals surface area contributed by atoms with Gasteiger partial charge in [-0.3, -0.25) is 0 Å². The summed E-state index contributed by atoms with van der Waals surface area (Å²) in [6.07, 6.45) is -2.54. The van der Waals surface area contributed by atoms with E-state index in [1.54, 1.807) is 0 Å². The van der Waals surface area contributed by atoms with Crippen LogP contribution in [0.3, 0.4) is 0 Å². The summed E-state index contributed by atoms with van der Waals surface area (Å²) in [7, 11) is 0. The van der Waals surface area contributed by atoms with Crippen LogP contribution in [0.4, 0.5) is 13.2 Å². The van der Waals surface area contributed by atoms with Gasteiger partial charge in [0.1, 0.15) is 21.7 Å². The third-order valence-corrected chi connectivity index (χ3v) is 2.45. The number of aromatic nitrogens is 3. The molecule has 0 saturated carbocycles. The lowest BCUT2D eigenvalue weighted by atomic mass is 10.4. The molecule has 0 aliphatic heterocycles. The average Bonchev–Trinajstić information content (AvgIpc) is 2.42. The van der Waals surface area contributed by atoms with E-state index < -0.39 is 12.6 Å². The van der Waals surface area contributed by atoms with Crippen LogP contribution >= 0.6 is 11.3 Å². The van der Waals surface area contributed by atoms with Crippen molar-refractivity contribution in [1.82, 2.24) is 15.0 Å². The molecule has 2 aromatic rings. The minimum Gasteiger partial charge on any atom is -0.242 e. The summed E-state index contributed by atoms with van der Waals surface area (Å²) in [5.74, 6) is 0. The van der Waals surface area contributed by atoms with Crippen LogP contribution in [0.2, 0.25) is 0 Å². The van der Waals surface area contributed by atoms with Gasteiger partial charge in [0.25, 0.3) is 0 Å². The maximum absolute atomic E-state index is 12.0.